The van der Waals surface area contributed by atoms with E-state index < -0.39 is 0 Å². The number of anilines is 6. The lowest BCUT2D eigenvalue weighted by molar-refractivity contribution is 0.590. The fraction of sp³-hybridized carbons (Fsp3) is 0.175. The Kier molecular flexibility index (Phi) is 9.45. The highest BCUT2D eigenvalue weighted by atomic mass is 15.2. The molecule has 0 bridgehead atoms. The van der Waals surface area contributed by atoms with Crippen molar-refractivity contribution in [1.29, 1.82) is 0 Å². The first kappa shape index (κ1) is 41.2. The molecule has 3 aliphatic rings. The minimum Gasteiger partial charge on any atom is -0.311 e. The van der Waals surface area contributed by atoms with Crippen LogP contribution in [0.25, 0.3) is 44.9 Å². The third-order valence-corrected chi connectivity index (χ3v) is 14.6. The second kappa shape index (κ2) is 15.4. The third kappa shape index (κ3) is 6.63. The maximum atomic E-state index is 2.60. The van der Waals surface area contributed by atoms with Gasteiger partial charge >= 0.3 is 0 Å². The van der Waals surface area contributed by atoms with Crippen LogP contribution in [0.3, 0.4) is 0 Å². The SMILES string of the molecule is Cc1cc2c3c(c1)N(c1ccccc1-c1ccc(C(C)(C)C)cc1)c1cc(-n4c5c(c6ccccc64)CCC=C5)ccc1B3c1ccccc1N2c1ccccc1-c1ccc(C(C)(C)C)cc1. The molecule has 0 saturated heterocycles. The number of hydrogen-bond acceptors (Lipinski definition) is 2. The Morgan fingerprint density at radius 3 is 1.61 bits per heavy atom. The van der Waals surface area contributed by atoms with Gasteiger partial charge in [0.15, 0.2) is 0 Å². The minimum absolute atomic E-state index is 0.00466. The molecule has 0 spiro atoms. The second-order valence-electron chi connectivity index (χ2n) is 21.0. The molecule has 8 aromatic carbocycles. The zero-order chi connectivity index (χ0) is 45.8. The van der Waals surface area contributed by atoms with E-state index in [2.05, 4.69) is 251 Å². The average Bonchev–Trinajstić information content (AvgIpc) is 3.68. The van der Waals surface area contributed by atoms with Crippen molar-refractivity contribution in [2.45, 2.75) is 72.1 Å². The molecule has 3 heterocycles. The Hall–Kier alpha value is -7.30. The molecule has 67 heavy (non-hydrogen) atoms. The first-order valence-electron chi connectivity index (χ1n) is 24.1. The van der Waals surface area contributed by atoms with E-state index in [4.69, 9.17) is 0 Å². The normalized spacial score (nSPS) is 13.9. The number of aryl methyl sites for hydroxylation is 2. The monoisotopic (exact) mass is 865 g/mol. The Bertz CT molecular complexity index is 3450. The molecule has 0 amide bonds. The Labute approximate surface area is 396 Å². The standard InChI is InChI=1S/C63H56BN3/c1-41-38-59-61-60(39-41)67(54-24-14-9-19-48(54)43-30-34-45(35-31-43)63(5,6)7)58-40-46(65-55-25-15-10-20-49(55)50-21-11-16-26-56(50)65)36-37-52(58)64(61)51-22-12-17-27-57(51)66(59)53-23-13-8-18-47(53)42-28-32-44(33-29-42)62(2,3)4/h8-10,12-20,22-40H,11,21H2,1-7H3. The van der Waals surface area contributed by atoms with E-state index in [9.17, 15) is 0 Å². The molecule has 9 aromatic rings. The van der Waals surface area contributed by atoms with E-state index in [1.54, 1.807) is 0 Å². The van der Waals surface area contributed by atoms with Crippen LogP contribution in [0.4, 0.5) is 34.1 Å². The van der Waals surface area contributed by atoms with Crippen LogP contribution in [0.1, 0.15) is 75.9 Å². The first-order chi connectivity index (χ1) is 32.4. The van der Waals surface area contributed by atoms with Gasteiger partial charge in [0.05, 0.1) is 16.9 Å². The van der Waals surface area contributed by atoms with Crippen LogP contribution in [-0.2, 0) is 17.3 Å². The van der Waals surface area contributed by atoms with Crippen LogP contribution >= 0.6 is 0 Å². The van der Waals surface area contributed by atoms with Gasteiger partial charge in [0.2, 0.25) is 0 Å². The van der Waals surface area contributed by atoms with E-state index in [-0.39, 0.29) is 17.5 Å². The summed E-state index contributed by atoms with van der Waals surface area (Å²) in [4.78, 5) is 5.16. The van der Waals surface area contributed by atoms with Crippen molar-refractivity contribution < 1.29 is 0 Å². The number of hydrogen-bond donors (Lipinski definition) is 0. The lowest BCUT2D eigenvalue weighted by atomic mass is 9.33. The van der Waals surface area contributed by atoms with Gasteiger partial charge in [0.25, 0.3) is 6.71 Å². The van der Waals surface area contributed by atoms with Crippen molar-refractivity contribution in [2.75, 3.05) is 9.80 Å². The Balaban J connectivity index is 1.13. The summed E-state index contributed by atoms with van der Waals surface area (Å²) in [6.45, 7) is 16.0. The van der Waals surface area contributed by atoms with Gasteiger partial charge in [-0.2, -0.15) is 0 Å². The number of allylic oxidation sites excluding steroid dienone is 1. The average molecular weight is 866 g/mol. The molecule has 2 aliphatic heterocycles. The van der Waals surface area contributed by atoms with Gasteiger partial charge in [0, 0.05) is 50.6 Å². The summed E-state index contributed by atoms with van der Waals surface area (Å²) in [6.07, 6.45) is 6.80. The van der Waals surface area contributed by atoms with Gasteiger partial charge in [0.1, 0.15) is 0 Å². The van der Waals surface area contributed by atoms with Crippen molar-refractivity contribution in [3.63, 3.8) is 0 Å². The number of nitrogens with zero attached hydrogens (tertiary/aromatic N) is 3. The molecule has 0 radical (unpaired) electrons. The summed E-state index contributed by atoms with van der Waals surface area (Å²) < 4.78 is 2.51. The zero-order valence-electron chi connectivity index (χ0n) is 39.7. The molecular formula is C63H56BN3. The predicted molar refractivity (Wildman–Crippen MR) is 288 cm³/mol. The van der Waals surface area contributed by atoms with Crippen LogP contribution in [0.5, 0.6) is 0 Å². The Morgan fingerprint density at radius 1 is 0.478 bits per heavy atom. The van der Waals surface area contributed by atoms with Gasteiger partial charge in [-0.15, -0.1) is 0 Å². The van der Waals surface area contributed by atoms with Crippen molar-refractivity contribution in [1.82, 2.24) is 4.57 Å². The summed E-state index contributed by atoms with van der Waals surface area (Å²) in [5.74, 6) is 0. The molecule has 0 atom stereocenters. The van der Waals surface area contributed by atoms with Crippen molar-refractivity contribution in [3.05, 3.63) is 210 Å². The summed E-state index contributed by atoms with van der Waals surface area (Å²) in [5.41, 5.74) is 25.2. The molecule has 4 heteroatoms. The molecule has 0 unspecified atom stereocenters. The highest BCUT2D eigenvalue weighted by Gasteiger charge is 2.44. The number of benzene rings is 8. The maximum absolute atomic E-state index is 2.60. The van der Waals surface area contributed by atoms with Crippen LogP contribution in [0, 0.1) is 6.92 Å². The first-order valence-corrected chi connectivity index (χ1v) is 24.1. The van der Waals surface area contributed by atoms with Gasteiger partial charge < -0.3 is 14.4 Å². The van der Waals surface area contributed by atoms with E-state index in [1.165, 1.54) is 117 Å². The minimum atomic E-state index is 0.00466. The smallest absolute Gasteiger partial charge is 0.252 e. The number of fused-ring (bicyclic) bond motifs is 7. The van der Waals surface area contributed by atoms with Crippen molar-refractivity contribution in [3.8, 4) is 27.9 Å². The van der Waals surface area contributed by atoms with Crippen LogP contribution in [0.2, 0.25) is 0 Å². The largest absolute Gasteiger partial charge is 0.311 e. The lowest BCUT2D eigenvalue weighted by Crippen LogP contribution is -2.61. The molecule has 0 saturated carbocycles. The molecule has 1 aromatic heterocycles. The molecule has 12 rings (SSSR count). The lowest BCUT2D eigenvalue weighted by Gasteiger charge is -2.45. The zero-order valence-corrected chi connectivity index (χ0v) is 39.7. The summed E-state index contributed by atoms with van der Waals surface area (Å²) in [5, 5.41) is 1.35. The number of para-hydroxylation sites is 4. The number of aromatic nitrogens is 1. The highest BCUT2D eigenvalue weighted by Crippen LogP contribution is 2.49. The quantitative estimate of drug-likeness (QED) is 0.160. The van der Waals surface area contributed by atoms with Gasteiger partial charge in [-0.1, -0.05) is 175 Å². The van der Waals surface area contributed by atoms with Crippen molar-refractivity contribution in [2.24, 2.45) is 0 Å². The third-order valence-electron chi connectivity index (χ3n) is 14.6. The summed E-state index contributed by atoms with van der Waals surface area (Å²) in [6, 6.07) is 66.9. The van der Waals surface area contributed by atoms with E-state index in [0.717, 1.165) is 12.8 Å². The van der Waals surface area contributed by atoms with Crippen LogP contribution in [-0.4, -0.2) is 11.3 Å². The van der Waals surface area contributed by atoms with E-state index >= 15 is 0 Å². The summed E-state index contributed by atoms with van der Waals surface area (Å²) >= 11 is 0. The van der Waals surface area contributed by atoms with E-state index in [1.807, 2.05) is 0 Å². The van der Waals surface area contributed by atoms with Crippen LogP contribution < -0.4 is 26.2 Å². The number of rotatable bonds is 5. The van der Waals surface area contributed by atoms with Crippen molar-refractivity contribution >= 4 is 74.2 Å². The molecule has 3 nitrogen and oxygen atoms in total. The fourth-order valence-corrected chi connectivity index (χ4v) is 11.3. The Morgan fingerprint density at radius 2 is 1.00 bits per heavy atom. The van der Waals surface area contributed by atoms with Gasteiger partial charge in [-0.05, 0) is 135 Å². The molecule has 1 aliphatic carbocycles. The van der Waals surface area contributed by atoms with Crippen LogP contribution in [0.15, 0.2) is 182 Å². The predicted octanol–water partition coefficient (Wildman–Crippen LogP) is 14.9. The molecular weight excluding hydrogens is 810 g/mol. The summed E-state index contributed by atoms with van der Waals surface area (Å²) in [7, 11) is 0. The molecule has 0 fully saturated rings. The maximum Gasteiger partial charge on any atom is 0.252 e. The van der Waals surface area contributed by atoms with Gasteiger partial charge in [-0.25, -0.2) is 0 Å². The fourth-order valence-electron chi connectivity index (χ4n) is 11.3. The van der Waals surface area contributed by atoms with E-state index in [0.29, 0.717) is 0 Å². The highest BCUT2D eigenvalue weighted by molar-refractivity contribution is 7.00. The molecule has 326 valence electrons. The second-order valence-corrected chi connectivity index (χ2v) is 21.0. The topological polar surface area (TPSA) is 11.4 Å². The molecule has 0 N–H and O–H groups in total. The van der Waals surface area contributed by atoms with Gasteiger partial charge in [-0.3, -0.25) is 0 Å².